The lowest BCUT2D eigenvalue weighted by atomic mass is 10.1. The number of halogens is 1. The van der Waals surface area contributed by atoms with Gasteiger partial charge in [0.2, 0.25) is 0 Å². The Labute approximate surface area is 114 Å². The van der Waals surface area contributed by atoms with E-state index in [4.69, 9.17) is 4.42 Å². The minimum atomic E-state index is -0.196. The van der Waals surface area contributed by atoms with E-state index in [2.05, 4.69) is 21.2 Å². The maximum atomic E-state index is 11.9. The van der Waals surface area contributed by atoms with Crippen LogP contribution in [-0.4, -0.2) is 5.91 Å². The van der Waals surface area contributed by atoms with E-state index in [1.54, 1.807) is 12.1 Å². The second kappa shape index (κ2) is 5.40. The summed E-state index contributed by atoms with van der Waals surface area (Å²) in [5.41, 5.74) is 1.05. The Kier molecular flexibility index (Phi) is 3.87. The molecule has 0 spiro atoms. The first kappa shape index (κ1) is 12.9. The Bertz CT molecular complexity index is 545. The van der Waals surface area contributed by atoms with E-state index in [1.807, 2.05) is 38.1 Å². The maximum Gasteiger partial charge on any atom is 0.287 e. The molecule has 1 amide bonds. The van der Waals surface area contributed by atoms with Gasteiger partial charge in [0.05, 0.1) is 6.04 Å². The molecule has 1 heterocycles. The maximum absolute atomic E-state index is 11.9. The molecular weight excluding hydrogens is 294 g/mol. The van der Waals surface area contributed by atoms with Gasteiger partial charge < -0.3 is 9.73 Å². The number of amides is 1. The summed E-state index contributed by atoms with van der Waals surface area (Å²) in [6.45, 7) is 3.76. The van der Waals surface area contributed by atoms with Crippen LogP contribution < -0.4 is 5.32 Å². The van der Waals surface area contributed by atoms with Crippen LogP contribution >= 0.6 is 15.9 Å². The first-order chi connectivity index (χ1) is 8.56. The summed E-state index contributed by atoms with van der Waals surface area (Å²) >= 11 is 3.38. The number of benzene rings is 1. The summed E-state index contributed by atoms with van der Waals surface area (Å²) in [6, 6.07) is 11.3. The molecule has 0 saturated carbocycles. The highest BCUT2D eigenvalue weighted by atomic mass is 79.9. The third kappa shape index (κ3) is 3.01. The van der Waals surface area contributed by atoms with Crippen molar-refractivity contribution in [1.82, 2.24) is 5.32 Å². The molecule has 2 rings (SSSR count). The van der Waals surface area contributed by atoms with Crippen molar-refractivity contribution in [3.63, 3.8) is 0 Å². The van der Waals surface area contributed by atoms with Crippen LogP contribution in [0.2, 0.25) is 0 Å². The predicted molar refractivity (Wildman–Crippen MR) is 73.5 cm³/mol. The summed E-state index contributed by atoms with van der Waals surface area (Å²) in [5, 5.41) is 2.90. The van der Waals surface area contributed by atoms with E-state index in [-0.39, 0.29) is 11.9 Å². The van der Waals surface area contributed by atoms with Gasteiger partial charge in [-0.1, -0.05) is 28.1 Å². The zero-order valence-electron chi connectivity index (χ0n) is 10.2. The molecule has 1 unspecified atom stereocenters. The van der Waals surface area contributed by atoms with E-state index >= 15 is 0 Å². The minimum absolute atomic E-state index is 0.0593. The molecule has 0 aliphatic heterocycles. The Hall–Kier alpha value is -1.55. The highest BCUT2D eigenvalue weighted by molar-refractivity contribution is 9.10. The third-order valence-electron chi connectivity index (χ3n) is 2.68. The third-order valence-corrected chi connectivity index (χ3v) is 3.21. The fourth-order valence-corrected chi connectivity index (χ4v) is 1.92. The van der Waals surface area contributed by atoms with Gasteiger partial charge in [-0.25, -0.2) is 0 Å². The van der Waals surface area contributed by atoms with Crippen molar-refractivity contribution in [3.8, 4) is 0 Å². The number of aryl methyl sites for hydroxylation is 1. The molecule has 0 saturated heterocycles. The quantitative estimate of drug-likeness (QED) is 0.936. The SMILES string of the molecule is Cc1ccc(C(=O)NC(C)c2ccc(Br)cc2)o1. The topological polar surface area (TPSA) is 42.2 Å². The Balaban J connectivity index is 2.05. The van der Waals surface area contributed by atoms with E-state index in [9.17, 15) is 4.79 Å². The Morgan fingerprint density at radius 3 is 2.44 bits per heavy atom. The second-order valence-electron chi connectivity index (χ2n) is 4.16. The number of carbonyl (C=O) groups excluding carboxylic acids is 1. The van der Waals surface area contributed by atoms with E-state index in [1.165, 1.54) is 0 Å². The van der Waals surface area contributed by atoms with Gasteiger partial charge >= 0.3 is 0 Å². The molecule has 2 aromatic rings. The molecule has 0 aliphatic carbocycles. The van der Waals surface area contributed by atoms with Crippen LogP contribution in [0.3, 0.4) is 0 Å². The lowest BCUT2D eigenvalue weighted by Crippen LogP contribution is -2.26. The van der Waals surface area contributed by atoms with Crippen LogP contribution in [0.25, 0.3) is 0 Å². The average Bonchev–Trinajstić information content (AvgIpc) is 2.76. The van der Waals surface area contributed by atoms with Crippen molar-refractivity contribution < 1.29 is 9.21 Å². The highest BCUT2D eigenvalue weighted by Crippen LogP contribution is 2.17. The smallest absolute Gasteiger partial charge is 0.287 e. The molecule has 94 valence electrons. The van der Waals surface area contributed by atoms with Gasteiger partial charge in [0.25, 0.3) is 5.91 Å². The molecule has 0 bridgehead atoms. The Morgan fingerprint density at radius 2 is 1.89 bits per heavy atom. The number of furan rings is 1. The van der Waals surface area contributed by atoms with Crippen molar-refractivity contribution >= 4 is 21.8 Å². The molecule has 0 radical (unpaired) electrons. The molecule has 1 atom stereocenters. The predicted octanol–water partition coefficient (Wildman–Crippen LogP) is 3.84. The molecule has 4 heteroatoms. The molecule has 1 N–H and O–H groups in total. The molecule has 3 nitrogen and oxygen atoms in total. The number of hydrogen-bond acceptors (Lipinski definition) is 2. The highest BCUT2D eigenvalue weighted by Gasteiger charge is 2.13. The van der Waals surface area contributed by atoms with Crippen LogP contribution in [0.5, 0.6) is 0 Å². The number of carbonyl (C=O) groups is 1. The van der Waals surface area contributed by atoms with Crippen LogP contribution in [0.1, 0.15) is 34.8 Å². The normalized spacial score (nSPS) is 12.2. The van der Waals surface area contributed by atoms with Gasteiger partial charge in [0.15, 0.2) is 5.76 Å². The molecule has 0 fully saturated rings. The van der Waals surface area contributed by atoms with Crippen molar-refractivity contribution in [2.45, 2.75) is 19.9 Å². The summed E-state index contributed by atoms with van der Waals surface area (Å²) in [7, 11) is 0. The molecular formula is C14H14BrNO2. The van der Waals surface area contributed by atoms with Gasteiger partial charge in [-0.3, -0.25) is 4.79 Å². The standard InChI is InChI=1S/C14H14BrNO2/c1-9-3-8-13(18-9)14(17)16-10(2)11-4-6-12(15)7-5-11/h3-8,10H,1-2H3,(H,16,17). The zero-order chi connectivity index (χ0) is 13.1. The summed E-state index contributed by atoms with van der Waals surface area (Å²) in [6.07, 6.45) is 0. The second-order valence-corrected chi connectivity index (χ2v) is 5.07. The number of rotatable bonds is 3. The van der Waals surface area contributed by atoms with Crippen LogP contribution in [0, 0.1) is 6.92 Å². The molecule has 0 aliphatic rings. The minimum Gasteiger partial charge on any atom is -0.456 e. The zero-order valence-corrected chi connectivity index (χ0v) is 11.8. The Morgan fingerprint density at radius 1 is 1.22 bits per heavy atom. The van der Waals surface area contributed by atoms with E-state index in [0.717, 1.165) is 15.8 Å². The fraction of sp³-hybridized carbons (Fsp3) is 0.214. The largest absolute Gasteiger partial charge is 0.456 e. The molecule has 1 aromatic carbocycles. The van der Waals surface area contributed by atoms with Crippen molar-refractivity contribution in [3.05, 3.63) is 58.0 Å². The first-order valence-corrected chi connectivity index (χ1v) is 6.48. The average molecular weight is 308 g/mol. The summed E-state index contributed by atoms with van der Waals surface area (Å²) in [5.74, 6) is 0.881. The lowest BCUT2D eigenvalue weighted by molar-refractivity contribution is 0.0910. The molecule has 1 aromatic heterocycles. The van der Waals surface area contributed by atoms with Crippen molar-refractivity contribution in [2.24, 2.45) is 0 Å². The van der Waals surface area contributed by atoms with Crippen LogP contribution in [0.15, 0.2) is 45.3 Å². The van der Waals surface area contributed by atoms with Gasteiger partial charge in [-0.05, 0) is 43.7 Å². The summed E-state index contributed by atoms with van der Waals surface area (Å²) in [4.78, 5) is 11.9. The van der Waals surface area contributed by atoms with Gasteiger partial charge in [0.1, 0.15) is 5.76 Å². The van der Waals surface area contributed by atoms with Gasteiger partial charge in [0, 0.05) is 4.47 Å². The van der Waals surface area contributed by atoms with Crippen LogP contribution in [0.4, 0.5) is 0 Å². The van der Waals surface area contributed by atoms with Crippen LogP contribution in [-0.2, 0) is 0 Å². The van der Waals surface area contributed by atoms with E-state index in [0.29, 0.717) is 5.76 Å². The fourth-order valence-electron chi connectivity index (χ4n) is 1.66. The first-order valence-electron chi connectivity index (χ1n) is 5.69. The van der Waals surface area contributed by atoms with Gasteiger partial charge in [-0.15, -0.1) is 0 Å². The number of hydrogen-bond donors (Lipinski definition) is 1. The van der Waals surface area contributed by atoms with Gasteiger partial charge in [-0.2, -0.15) is 0 Å². The van der Waals surface area contributed by atoms with Crippen molar-refractivity contribution in [1.29, 1.82) is 0 Å². The summed E-state index contributed by atoms with van der Waals surface area (Å²) < 4.78 is 6.30. The lowest BCUT2D eigenvalue weighted by Gasteiger charge is -2.13. The van der Waals surface area contributed by atoms with Crippen molar-refractivity contribution in [2.75, 3.05) is 0 Å². The van der Waals surface area contributed by atoms with E-state index < -0.39 is 0 Å². The molecule has 18 heavy (non-hydrogen) atoms. The number of nitrogens with one attached hydrogen (secondary N) is 1. The monoisotopic (exact) mass is 307 g/mol.